The maximum Gasteiger partial charge on any atom is 0.240 e. The number of carbonyl (C=O) groups is 3. The number of hydrogen-bond acceptors (Lipinski definition) is 3. The summed E-state index contributed by atoms with van der Waals surface area (Å²) in [4.78, 5) is 39.2. The first-order valence-electron chi connectivity index (χ1n) is 9.61. The van der Waals surface area contributed by atoms with Crippen molar-refractivity contribution in [2.45, 2.75) is 25.3 Å². The lowest BCUT2D eigenvalue weighted by molar-refractivity contribution is -0.144. The van der Waals surface area contributed by atoms with Gasteiger partial charge in [0, 0.05) is 0 Å². The third kappa shape index (κ3) is 2.69. The molecule has 1 aromatic carbocycles. The Morgan fingerprint density at radius 3 is 2.22 bits per heavy atom. The third-order valence-electron chi connectivity index (χ3n) is 6.50. The molecule has 1 N–H and O–H groups in total. The van der Waals surface area contributed by atoms with E-state index in [-0.39, 0.29) is 59.8 Å². The summed E-state index contributed by atoms with van der Waals surface area (Å²) in [5, 5.41) is 2.96. The lowest BCUT2D eigenvalue weighted by atomic mass is 9.85. The number of carbonyl (C=O) groups excluding carboxylic acids is 3. The van der Waals surface area contributed by atoms with Gasteiger partial charge in [0.25, 0.3) is 0 Å². The van der Waals surface area contributed by atoms with Gasteiger partial charge in [-0.05, 0) is 54.7 Å². The Hall–Kier alpha value is -2.50. The number of benzene rings is 1. The molecular weight excluding hydrogens is 347 g/mol. The number of rotatable bonds is 5. The van der Waals surface area contributed by atoms with Crippen molar-refractivity contribution in [1.82, 2.24) is 10.2 Å². The van der Waals surface area contributed by atoms with E-state index in [1.807, 2.05) is 12.2 Å². The molecule has 0 unspecified atom stereocenters. The normalized spacial score (nSPS) is 32.1. The van der Waals surface area contributed by atoms with E-state index in [4.69, 9.17) is 0 Å². The Balaban J connectivity index is 1.28. The largest absolute Gasteiger partial charge is 0.347 e. The Morgan fingerprint density at radius 2 is 1.67 bits per heavy atom. The fourth-order valence-corrected chi connectivity index (χ4v) is 5.06. The first-order valence-corrected chi connectivity index (χ1v) is 9.61. The number of hydrogen-bond donors (Lipinski definition) is 1. The average Bonchev–Trinajstić information content (AvgIpc) is 3.21. The van der Waals surface area contributed by atoms with Crippen LogP contribution in [0.15, 0.2) is 36.4 Å². The molecule has 2 bridgehead atoms. The zero-order valence-corrected chi connectivity index (χ0v) is 14.8. The number of amides is 3. The van der Waals surface area contributed by atoms with E-state index in [1.54, 1.807) is 12.1 Å². The van der Waals surface area contributed by atoms with Crippen LogP contribution in [0.25, 0.3) is 0 Å². The molecule has 0 spiro atoms. The molecule has 4 aliphatic rings. The summed E-state index contributed by atoms with van der Waals surface area (Å²) in [6.07, 6.45) is 6.96. The predicted octanol–water partition coefficient (Wildman–Crippen LogP) is 2.20. The maximum absolute atomic E-state index is 13.2. The monoisotopic (exact) mass is 368 g/mol. The molecule has 5 rings (SSSR count). The number of allylic oxidation sites excluding steroid dienone is 2. The quantitative estimate of drug-likeness (QED) is 0.640. The fourth-order valence-electron chi connectivity index (χ4n) is 5.06. The second-order valence-corrected chi connectivity index (χ2v) is 8.20. The number of halogens is 1. The Bertz CT molecular complexity index is 815. The first-order chi connectivity index (χ1) is 13.0. The molecule has 2 saturated carbocycles. The van der Waals surface area contributed by atoms with Crippen LogP contribution in [0, 0.1) is 35.4 Å². The molecule has 3 aliphatic carbocycles. The van der Waals surface area contributed by atoms with Crippen LogP contribution in [0.5, 0.6) is 0 Å². The van der Waals surface area contributed by atoms with Crippen LogP contribution in [-0.4, -0.2) is 29.2 Å². The summed E-state index contributed by atoms with van der Waals surface area (Å²) in [5.74, 6) is -1.02. The second kappa shape index (κ2) is 6.01. The highest BCUT2D eigenvalue weighted by Crippen LogP contribution is 2.52. The van der Waals surface area contributed by atoms with E-state index >= 15 is 0 Å². The van der Waals surface area contributed by atoms with Gasteiger partial charge in [-0.1, -0.05) is 24.3 Å². The average molecular weight is 368 g/mol. The van der Waals surface area contributed by atoms with Gasteiger partial charge in [-0.15, -0.1) is 0 Å². The molecule has 0 aromatic heterocycles. The van der Waals surface area contributed by atoms with Crippen LogP contribution in [0.3, 0.4) is 0 Å². The summed E-state index contributed by atoms with van der Waals surface area (Å²) in [6, 6.07) is 5.92. The predicted molar refractivity (Wildman–Crippen MR) is 94.4 cm³/mol. The van der Waals surface area contributed by atoms with Crippen molar-refractivity contribution in [2.75, 3.05) is 6.54 Å². The van der Waals surface area contributed by atoms with Crippen LogP contribution in [0.4, 0.5) is 4.39 Å². The van der Waals surface area contributed by atoms with Gasteiger partial charge in [-0.25, -0.2) is 4.39 Å². The lowest BCUT2D eigenvalue weighted by Crippen LogP contribution is -2.43. The molecule has 3 fully saturated rings. The highest BCUT2D eigenvalue weighted by molar-refractivity contribution is 6.08. The number of nitrogens with one attached hydrogen (secondary N) is 1. The number of likely N-dealkylation sites (tertiary alicyclic amines) is 1. The van der Waals surface area contributed by atoms with E-state index in [0.29, 0.717) is 5.92 Å². The summed E-state index contributed by atoms with van der Waals surface area (Å²) < 4.78 is 13.2. The zero-order valence-electron chi connectivity index (χ0n) is 14.8. The van der Waals surface area contributed by atoms with E-state index in [9.17, 15) is 18.8 Å². The van der Waals surface area contributed by atoms with E-state index < -0.39 is 0 Å². The van der Waals surface area contributed by atoms with Gasteiger partial charge in [-0.3, -0.25) is 19.3 Å². The Labute approximate surface area is 156 Å². The molecule has 140 valence electrons. The molecule has 1 aromatic rings. The molecule has 27 heavy (non-hydrogen) atoms. The smallest absolute Gasteiger partial charge is 0.240 e. The maximum atomic E-state index is 13.2. The molecule has 1 aliphatic heterocycles. The van der Waals surface area contributed by atoms with Gasteiger partial charge in [0.1, 0.15) is 12.4 Å². The SMILES string of the molecule is O=C(CN1C(=O)[C@@H]2[C@H](C1=O)[C@H]1C=C[C@H]2C1)N[C@@H](c1ccc(F)cc1)C1CC1. The van der Waals surface area contributed by atoms with Gasteiger partial charge in [0.2, 0.25) is 17.7 Å². The van der Waals surface area contributed by atoms with Crippen molar-refractivity contribution in [3.8, 4) is 0 Å². The van der Waals surface area contributed by atoms with Crippen LogP contribution in [0.1, 0.15) is 30.9 Å². The molecule has 5 atom stereocenters. The molecule has 6 heteroatoms. The topological polar surface area (TPSA) is 66.5 Å². The fraction of sp³-hybridized carbons (Fsp3) is 0.476. The minimum Gasteiger partial charge on any atom is -0.347 e. The molecule has 5 nitrogen and oxygen atoms in total. The van der Waals surface area contributed by atoms with Gasteiger partial charge in [0.05, 0.1) is 17.9 Å². The molecule has 3 amide bonds. The lowest BCUT2D eigenvalue weighted by Gasteiger charge is -2.22. The molecule has 1 heterocycles. The van der Waals surface area contributed by atoms with E-state index in [1.165, 1.54) is 12.1 Å². The highest BCUT2D eigenvalue weighted by atomic mass is 19.1. The zero-order chi connectivity index (χ0) is 18.7. The van der Waals surface area contributed by atoms with Crippen LogP contribution in [0.2, 0.25) is 0 Å². The second-order valence-electron chi connectivity index (χ2n) is 8.20. The molecule has 1 saturated heterocycles. The van der Waals surface area contributed by atoms with Crippen LogP contribution >= 0.6 is 0 Å². The molecular formula is C21H21FN2O3. The van der Waals surface area contributed by atoms with Crippen molar-refractivity contribution in [3.63, 3.8) is 0 Å². The Kier molecular flexibility index (Phi) is 3.71. The van der Waals surface area contributed by atoms with E-state index in [0.717, 1.165) is 29.7 Å². The summed E-state index contributed by atoms with van der Waals surface area (Å²) >= 11 is 0. The van der Waals surface area contributed by atoms with Crippen molar-refractivity contribution in [1.29, 1.82) is 0 Å². The summed E-state index contributed by atoms with van der Waals surface area (Å²) in [7, 11) is 0. The van der Waals surface area contributed by atoms with Crippen molar-refractivity contribution in [2.24, 2.45) is 29.6 Å². The minimum atomic E-state index is -0.335. The Morgan fingerprint density at radius 1 is 1.07 bits per heavy atom. The first kappa shape index (κ1) is 16.7. The summed E-state index contributed by atoms with van der Waals surface area (Å²) in [5.41, 5.74) is 0.852. The van der Waals surface area contributed by atoms with Crippen LogP contribution < -0.4 is 5.32 Å². The highest BCUT2D eigenvalue weighted by Gasteiger charge is 2.59. The standard InChI is InChI=1S/C21H21FN2O3/c22-15-7-5-12(6-8-15)19(11-1-2-11)23-16(25)10-24-20(26)17-13-3-4-14(9-13)18(17)21(24)27/h3-8,11,13-14,17-19H,1-2,9-10H2,(H,23,25)/t13-,14-,17-,18+,19+/m0/s1. The summed E-state index contributed by atoms with van der Waals surface area (Å²) in [6.45, 7) is -0.228. The minimum absolute atomic E-state index is 0.142. The van der Waals surface area contributed by atoms with Gasteiger partial charge in [-0.2, -0.15) is 0 Å². The number of nitrogens with zero attached hydrogens (tertiary/aromatic N) is 1. The van der Waals surface area contributed by atoms with Crippen LogP contribution in [-0.2, 0) is 14.4 Å². The van der Waals surface area contributed by atoms with Crippen molar-refractivity contribution < 1.29 is 18.8 Å². The number of imide groups is 1. The van der Waals surface area contributed by atoms with Crippen molar-refractivity contribution >= 4 is 17.7 Å². The third-order valence-corrected chi connectivity index (χ3v) is 6.50. The molecule has 0 radical (unpaired) electrons. The van der Waals surface area contributed by atoms with Gasteiger partial charge in [0.15, 0.2) is 0 Å². The number of fused-ring (bicyclic) bond motifs is 5. The van der Waals surface area contributed by atoms with Crippen molar-refractivity contribution in [3.05, 3.63) is 47.8 Å². The van der Waals surface area contributed by atoms with Gasteiger partial charge >= 0.3 is 0 Å². The van der Waals surface area contributed by atoms with E-state index in [2.05, 4.69) is 5.32 Å². The van der Waals surface area contributed by atoms with Gasteiger partial charge < -0.3 is 5.32 Å².